The van der Waals surface area contributed by atoms with E-state index in [1.54, 1.807) is 0 Å². The first-order valence-electron chi connectivity index (χ1n) is 7.10. The van der Waals surface area contributed by atoms with Gasteiger partial charge in [0.05, 0.1) is 11.0 Å². The van der Waals surface area contributed by atoms with Crippen LogP contribution in [0.2, 0.25) is 5.02 Å². The molecule has 0 saturated carbocycles. The molecule has 1 aromatic heterocycles. The molecule has 0 spiro atoms. The summed E-state index contributed by atoms with van der Waals surface area (Å²) >= 11 is 6.10. The van der Waals surface area contributed by atoms with Gasteiger partial charge in [-0.05, 0) is 47.5 Å². The van der Waals surface area contributed by atoms with E-state index in [9.17, 15) is 0 Å². The Bertz CT molecular complexity index is 956. The van der Waals surface area contributed by atoms with Crippen molar-refractivity contribution in [2.24, 2.45) is 0 Å². The zero-order valence-corrected chi connectivity index (χ0v) is 12.5. The summed E-state index contributed by atoms with van der Waals surface area (Å²) in [7, 11) is 0. The molecule has 4 rings (SSSR count). The second kappa shape index (κ2) is 5.32. The maximum absolute atomic E-state index is 6.10. The molecule has 0 aliphatic heterocycles. The van der Waals surface area contributed by atoms with Crippen LogP contribution < -0.4 is 0 Å². The molecular weight excluding hydrogens is 292 g/mol. The number of aromatic nitrogens is 2. The number of rotatable bonds is 2. The first kappa shape index (κ1) is 13.1. The Kier molecular flexibility index (Phi) is 3.17. The van der Waals surface area contributed by atoms with Gasteiger partial charge in [-0.25, -0.2) is 4.98 Å². The summed E-state index contributed by atoms with van der Waals surface area (Å²) in [6.45, 7) is 0. The third-order valence-electron chi connectivity index (χ3n) is 3.74. The van der Waals surface area contributed by atoms with Crippen LogP contribution in [0.5, 0.6) is 0 Å². The smallest absolute Gasteiger partial charge is 0.100 e. The fourth-order valence-corrected chi connectivity index (χ4v) is 2.86. The van der Waals surface area contributed by atoms with Crippen molar-refractivity contribution in [1.82, 2.24) is 9.55 Å². The highest BCUT2D eigenvalue weighted by Crippen LogP contribution is 2.26. The molecular formula is C19H13ClN2. The molecule has 4 aromatic rings. The van der Waals surface area contributed by atoms with Crippen LogP contribution in [0.25, 0.3) is 27.8 Å². The third-order valence-corrected chi connectivity index (χ3v) is 3.97. The van der Waals surface area contributed by atoms with Crippen molar-refractivity contribution in [2.45, 2.75) is 0 Å². The van der Waals surface area contributed by atoms with E-state index >= 15 is 0 Å². The number of imidazole rings is 1. The standard InChI is InChI=1S/C19H13ClN2/c20-16-7-3-5-14(11-16)15-6-4-8-17(12-15)22-13-21-18-9-1-2-10-19(18)22/h1-13H. The van der Waals surface area contributed by atoms with Gasteiger partial charge in [-0.2, -0.15) is 0 Å². The molecule has 0 aliphatic carbocycles. The molecule has 0 saturated heterocycles. The molecule has 0 fully saturated rings. The third kappa shape index (κ3) is 2.28. The molecule has 0 N–H and O–H groups in total. The largest absolute Gasteiger partial charge is 0.299 e. The summed E-state index contributed by atoms with van der Waals surface area (Å²) in [4.78, 5) is 4.45. The molecule has 0 aliphatic rings. The Morgan fingerprint density at radius 1 is 0.773 bits per heavy atom. The monoisotopic (exact) mass is 304 g/mol. The summed E-state index contributed by atoms with van der Waals surface area (Å²) in [6, 6.07) is 24.4. The Balaban J connectivity index is 1.85. The van der Waals surface area contributed by atoms with Gasteiger partial charge >= 0.3 is 0 Å². The number of hydrogen-bond donors (Lipinski definition) is 0. The van der Waals surface area contributed by atoms with E-state index in [0.717, 1.165) is 32.9 Å². The van der Waals surface area contributed by atoms with Gasteiger partial charge in [0.1, 0.15) is 6.33 Å². The van der Waals surface area contributed by atoms with Gasteiger partial charge in [0.15, 0.2) is 0 Å². The lowest BCUT2D eigenvalue weighted by atomic mass is 10.1. The summed E-state index contributed by atoms with van der Waals surface area (Å²) in [5.74, 6) is 0. The minimum Gasteiger partial charge on any atom is -0.299 e. The predicted octanol–water partition coefficient (Wildman–Crippen LogP) is 5.35. The highest BCUT2D eigenvalue weighted by atomic mass is 35.5. The van der Waals surface area contributed by atoms with Gasteiger partial charge in [-0.3, -0.25) is 4.57 Å². The molecule has 106 valence electrons. The molecule has 0 bridgehead atoms. The van der Waals surface area contributed by atoms with E-state index in [2.05, 4.69) is 45.9 Å². The lowest BCUT2D eigenvalue weighted by Crippen LogP contribution is -1.92. The summed E-state index contributed by atoms with van der Waals surface area (Å²) in [6.07, 6.45) is 1.86. The second-order valence-corrected chi connectivity index (χ2v) is 5.60. The van der Waals surface area contributed by atoms with Gasteiger partial charge < -0.3 is 0 Å². The van der Waals surface area contributed by atoms with Crippen molar-refractivity contribution in [3.8, 4) is 16.8 Å². The Hall–Kier alpha value is -2.58. The van der Waals surface area contributed by atoms with Crippen molar-refractivity contribution >= 4 is 22.6 Å². The zero-order valence-electron chi connectivity index (χ0n) is 11.8. The van der Waals surface area contributed by atoms with Crippen LogP contribution in [0, 0.1) is 0 Å². The number of nitrogens with zero attached hydrogens (tertiary/aromatic N) is 2. The SMILES string of the molecule is Clc1cccc(-c2cccc(-n3cnc4ccccc43)c2)c1. The summed E-state index contributed by atoms with van der Waals surface area (Å²) < 4.78 is 2.10. The Morgan fingerprint density at radius 3 is 2.41 bits per heavy atom. The molecule has 2 nitrogen and oxygen atoms in total. The Labute approximate surface area is 133 Å². The lowest BCUT2D eigenvalue weighted by Gasteiger charge is -2.08. The van der Waals surface area contributed by atoms with Crippen molar-refractivity contribution in [3.05, 3.63) is 84.1 Å². The number of fused-ring (bicyclic) bond motifs is 1. The molecule has 1 heterocycles. The molecule has 3 aromatic carbocycles. The second-order valence-electron chi connectivity index (χ2n) is 5.16. The zero-order chi connectivity index (χ0) is 14.9. The van der Waals surface area contributed by atoms with E-state index in [-0.39, 0.29) is 0 Å². The molecule has 3 heteroatoms. The van der Waals surface area contributed by atoms with Crippen LogP contribution in [0.1, 0.15) is 0 Å². The van der Waals surface area contributed by atoms with Crippen LogP contribution in [0.4, 0.5) is 0 Å². The van der Waals surface area contributed by atoms with Crippen LogP contribution in [-0.2, 0) is 0 Å². The van der Waals surface area contributed by atoms with Crippen LogP contribution in [0.15, 0.2) is 79.1 Å². The van der Waals surface area contributed by atoms with E-state index in [4.69, 9.17) is 11.6 Å². The number of hydrogen-bond acceptors (Lipinski definition) is 1. The highest BCUT2D eigenvalue weighted by molar-refractivity contribution is 6.30. The van der Waals surface area contributed by atoms with Crippen molar-refractivity contribution in [3.63, 3.8) is 0 Å². The Morgan fingerprint density at radius 2 is 1.55 bits per heavy atom. The number of para-hydroxylation sites is 2. The summed E-state index contributed by atoms with van der Waals surface area (Å²) in [5, 5.41) is 0.746. The van der Waals surface area contributed by atoms with Gasteiger partial charge in [0.25, 0.3) is 0 Å². The quantitative estimate of drug-likeness (QED) is 0.488. The maximum atomic E-state index is 6.10. The molecule has 0 atom stereocenters. The van der Waals surface area contributed by atoms with Crippen molar-refractivity contribution < 1.29 is 0 Å². The van der Waals surface area contributed by atoms with E-state index in [0.29, 0.717) is 0 Å². The van der Waals surface area contributed by atoms with Gasteiger partial charge in [0.2, 0.25) is 0 Å². The van der Waals surface area contributed by atoms with E-state index < -0.39 is 0 Å². The lowest BCUT2D eigenvalue weighted by molar-refractivity contribution is 1.09. The van der Waals surface area contributed by atoms with Gasteiger partial charge in [0, 0.05) is 10.7 Å². The molecule has 0 radical (unpaired) electrons. The number of halogens is 1. The first-order valence-corrected chi connectivity index (χ1v) is 7.47. The van der Waals surface area contributed by atoms with Crippen molar-refractivity contribution in [1.29, 1.82) is 0 Å². The first-order chi connectivity index (χ1) is 10.8. The average Bonchev–Trinajstić information content (AvgIpc) is 2.99. The fraction of sp³-hybridized carbons (Fsp3) is 0. The predicted molar refractivity (Wildman–Crippen MR) is 91.5 cm³/mol. The highest BCUT2D eigenvalue weighted by Gasteiger charge is 2.05. The normalized spacial score (nSPS) is 11.0. The average molecular weight is 305 g/mol. The molecule has 0 unspecified atom stereocenters. The fourth-order valence-electron chi connectivity index (χ4n) is 2.67. The van der Waals surface area contributed by atoms with Gasteiger partial charge in [-0.1, -0.05) is 48.0 Å². The maximum Gasteiger partial charge on any atom is 0.100 e. The molecule has 22 heavy (non-hydrogen) atoms. The summed E-state index contributed by atoms with van der Waals surface area (Å²) in [5.41, 5.74) is 5.43. The van der Waals surface area contributed by atoms with E-state index in [1.165, 1.54) is 0 Å². The van der Waals surface area contributed by atoms with Crippen molar-refractivity contribution in [2.75, 3.05) is 0 Å². The van der Waals surface area contributed by atoms with E-state index in [1.807, 2.05) is 42.7 Å². The van der Waals surface area contributed by atoms with Crippen LogP contribution in [-0.4, -0.2) is 9.55 Å². The van der Waals surface area contributed by atoms with Crippen LogP contribution in [0.3, 0.4) is 0 Å². The minimum atomic E-state index is 0.746. The minimum absolute atomic E-state index is 0.746. The van der Waals surface area contributed by atoms with Crippen LogP contribution >= 0.6 is 11.6 Å². The number of benzene rings is 3. The van der Waals surface area contributed by atoms with Gasteiger partial charge in [-0.15, -0.1) is 0 Å². The molecule has 0 amide bonds. The topological polar surface area (TPSA) is 17.8 Å².